The van der Waals surface area contributed by atoms with E-state index in [0.29, 0.717) is 5.01 Å². The maximum atomic E-state index is 12.0. The number of sulfonamides is 1. The van der Waals surface area contributed by atoms with Crippen molar-refractivity contribution in [3.05, 3.63) is 28.5 Å². The fourth-order valence-corrected chi connectivity index (χ4v) is 3.17. The Bertz CT molecular complexity index is 647. The van der Waals surface area contributed by atoms with Gasteiger partial charge in [-0.15, -0.1) is 11.3 Å². The topological polar surface area (TPSA) is 97.1 Å². The number of hydrogen-bond acceptors (Lipinski definition) is 6. The van der Waals surface area contributed by atoms with Gasteiger partial charge in [-0.25, -0.2) is 18.1 Å². The molecule has 0 unspecified atom stereocenters. The Morgan fingerprint density at radius 2 is 2.32 bits per heavy atom. The van der Waals surface area contributed by atoms with Gasteiger partial charge in [0.1, 0.15) is 9.90 Å². The number of aromatic nitrogens is 3. The average molecular weight is 302 g/mol. The van der Waals surface area contributed by atoms with E-state index in [9.17, 15) is 8.42 Å². The molecule has 0 bridgehead atoms. The molecule has 2 heterocycles. The summed E-state index contributed by atoms with van der Waals surface area (Å²) in [6.45, 7) is 2.19. The third kappa shape index (κ3) is 3.60. The van der Waals surface area contributed by atoms with Crippen molar-refractivity contribution in [2.75, 3.05) is 6.61 Å². The first-order chi connectivity index (χ1) is 9.01. The van der Waals surface area contributed by atoms with Gasteiger partial charge in [0.15, 0.2) is 0 Å². The Labute approximate surface area is 115 Å². The summed E-state index contributed by atoms with van der Waals surface area (Å²) in [6, 6.07) is 0. The minimum Gasteiger partial charge on any atom is -0.394 e. The minimum atomic E-state index is -3.59. The van der Waals surface area contributed by atoms with Crippen molar-refractivity contribution in [1.82, 2.24) is 19.5 Å². The largest absolute Gasteiger partial charge is 0.394 e. The summed E-state index contributed by atoms with van der Waals surface area (Å²) in [5.74, 6) is 0. The smallest absolute Gasteiger partial charge is 0.244 e. The van der Waals surface area contributed by atoms with Gasteiger partial charge in [-0.3, -0.25) is 4.68 Å². The highest BCUT2D eigenvalue weighted by molar-refractivity contribution is 7.89. The van der Waals surface area contributed by atoms with Crippen LogP contribution in [0.5, 0.6) is 0 Å². The molecule has 0 amide bonds. The fraction of sp³-hybridized carbons (Fsp3) is 0.400. The van der Waals surface area contributed by atoms with Crippen LogP contribution in [0.25, 0.3) is 0 Å². The molecule has 2 rings (SSSR count). The molecule has 0 aliphatic heterocycles. The lowest BCUT2D eigenvalue weighted by atomic mass is 10.6. The van der Waals surface area contributed by atoms with Crippen molar-refractivity contribution in [1.29, 1.82) is 0 Å². The highest BCUT2D eigenvalue weighted by atomic mass is 32.2. The van der Waals surface area contributed by atoms with Crippen molar-refractivity contribution < 1.29 is 13.5 Å². The minimum absolute atomic E-state index is 0.0780. The van der Waals surface area contributed by atoms with Crippen LogP contribution in [0.15, 0.2) is 22.7 Å². The average Bonchev–Trinajstić information content (AvgIpc) is 2.97. The Kier molecular flexibility index (Phi) is 4.30. The first kappa shape index (κ1) is 14.1. The summed E-state index contributed by atoms with van der Waals surface area (Å²) in [5.41, 5.74) is 0.870. The second kappa shape index (κ2) is 5.78. The van der Waals surface area contributed by atoms with E-state index in [1.165, 1.54) is 28.4 Å². The zero-order valence-corrected chi connectivity index (χ0v) is 11.9. The third-order valence-corrected chi connectivity index (χ3v) is 4.65. The lowest BCUT2D eigenvalue weighted by Gasteiger charge is -2.02. The van der Waals surface area contributed by atoms with Crippen LogP contribution in [0.1, 0.15) is 10.7 Å². The molecule has 0 radical (unpaired) electrons. The maximum absolute atomic E-state index is 12.0. The van der Waals surface area contributed by atoms with E-state index >= 15 is 0 Å². The molecule has 0 aromatic carbocycles. The molecule has 0 saturated carbocycles. The Hall–Kier alpha value is -1.29. The standard InChI is InChI=1S/C10H14N4O3S2/c1-8-7-18-10(13-8)5-12-19(16,17)9-4-11-14(6-9)2-3-15/h4,6-7,12,15H,2-3,5H2,1H3. The summed E-state index contributed by atoms with van der Waals surface area (Å²) in [4.78, 5) is 4.26. The number of nitrogens with zero attached hydrogens (tertiary/aromatic N) is 3. The van der Waals surface area contributed by atoms with Crippen LogP contribution < -0.4 is 4.72 Å². The van der Waals surface area contributed by atoms with Gasteiger partial charge >= 0.3 is 0 Å². The molecule has 7 nitrogen and oxygen atoms in total. The highest BCUT2D eigenvalue weighted by Gasteiger charge is 2.16. The Morgan fingerprint density at radius 3 is 2.95 bits per heavy atom. The van der Waals surface area contributed by atoms with Gasteiger partial charge in [0, 0.05) is 17.3 Å². The molecular formula is C10H14N4O3S2. The fourth-order valence-electron chi connectivity index (χ4n) is 1.43. The third-order valence-electron chi connectivity index (χ3n) is 2.33. The number of hydrogen-bond donors (Lipinski definition) is 2. The number of nitrogens with one attached hydrogen (secondary N) is 1. The number of rotatable bonds is 6. The van der Waals surface area contributed by atoms with E-state index in [1.54, 1.807) is 0 Å². The van der Waals surface area contributed by atoms with Crippen molar-refractivity contribution in [2.24, 2.45) is 0 Å². The van der Waals surface area contributed by atoms with E-state index in [4.69, 9.17) is 5.11 Å². The van der Waals surface area contributed by atoms with E-state index in [-0.39, 0.29) is 24.6 Å². The second-order valence-electron chi connectivity index (χ2n) is 3.87. The molecule has 2 aromatic heterocycles. The first-order valence-electron chi connectivity index (χ1n) is 5.55. The first-order valence-corrected chi connectivity index (χ1v) is 7.91. The molecule has 19 heavy (non-hydrogen) atoms. The molecule has 2 N–H and O–H groups in total. The SMILES string of the molecule is Cc1csc(CNS(=O)(=O)c2cnn(CCO)c2)n1. The van der Waals surface area contributed by atoms with Crippen LogP contribution in [-0.2, 0) is 23.1 Å². The van der Waals surface area contributed by atoms with Crippen molar-refractivity contribution >= 4 is 21.4 Å². The Morgan fingerprint density at radius 1 is 1.53 bits per heavy atom. The van der Waals surface area contributed by atoms with Crippen molar-refractivity contribution in [2.45, 2.75) is 24.9 Å². The lowest BCUT2D eigenvalue weighted by Crippen LogP contribution is -2.22. The molecule has 0 spiro atoms. The molecular weight excluding hydrogens is 288 g/mol. The van der Waals surface area contributed by atoms with Crippen molar-refractivity contribution in [3.8, 4) is 0 Å². The van der Waals surface area contributed by atoms with Gasteiger partial charge in [-0.05, 0) is 6.92 Å². The molecule has 0 aliphatic rings. The van der Waals surface area contributed by atoms with Gasteiger partial charge in [-0.1, -0.05) is 0 Å². The van der Waals surface area contributed by atoms with Crippen LogP contribution in [0.2, 0.25) is 0 Å². The normalized spacial score (nSPS) is 11.9. The van der Waals surface area contributed by atoms with Crippen LogP contribution in [0.4, 0.5) is 0 Å². The zero-order valence-electron chi connectivity index (χ0n) is 10.3. The van der Waals surface area contributed by atoms with E-state index in [2.05, 4.69) is 14.8 Å². The monoisotopic (exact) mass is 302 g/mol. The van der Waals surface area contributed by atoms with Crippen LogP contribution in [0, 0.1) is 6.92 Å². The molecule has 0 aliphatic carbocycles. The van der Waals surface area contributed by atoms with Gasteiger partial charge in [0.05, 0.1) is 25.9 Å². The van der Waals surface area contributed by atoms with Gasteiger partial charge in [0.25, 0.3) is 0 Å². The summed E-state index contributed by atoms with van der Waals surface area (Å²) in [6.07, 6.45) is 2.64. The van der Waals surface area contributed by atoms with Crippen LogP contribution in [0.3, 0.4) is 0 Å². The summed E-state index contributed by atoms with van der Waals surface area (Å²) in [7, 11) is -3.59. The molecule has 104 valence electrons. The highest BCUT2D eigenvalue weighted by Crippen LogP contribution is 2.11. The quantitative estimate of drug-likeness (QED) is 0.790. The summed E-state index contributed by atoms with van der Waals surface area (Å²) < 4.78 is 27.8. The van der Waals surface area contributed by atoms with E-state index in [0.717, 1.165) is 5.69 Å². The number of aliphatic hydroxyl groups excluding tert-OH is 1. The lowest BCUT2D eigenvalue weighted by molar-refractivity contribution is 0.269. The predicted molar refractivity (Wildman–Crippen MR) is 70.2 cm³/mol. The van der Waals surface area contributed by atoms with Gasteiger partial charge in [0.2, 0.25) is 10.0 Å². The van der Waals surface area contributed by atoms with E-state index < -0.39 is 10.0 Å². The second-order valence-corrected chi connectivity index (χ2v) is 6.58. The van der Waals surface area contributed by atoms with Crippen molar-refractivity contribution in [3.63, 3.8) is 0 Å². The molecule has 9 heteroatoms. The van der Waals surface area contributed by atoms with Gasteiger partial charge in [-0.2, -0.15) is 5.10 Å². The number of aliphatic hydroxyl groups is 1. The summed E-state index contributed by atoms with van der Waals surface area (Å²) >= 11 is 1.41. The summed E-state index contributed by atoms with van der Waals surface area (Å²) in [5, 5.41) is 15.2. The van der Waals surface area contributed by atoms with Crippen LogP contribution in [-0.4, -0.2) is 34.9 Å². The van der Waals surface area contributed by atoms with Gasteiger partial charge < -0.3 is 5.11 Å². The number of thiazole rings is 1. The zero-order chi connectivity index (χ0) is 13.9. The predicted octanol–water partition coefficient (Wildman–Crippen LogP) is 0.119. The molecule has 0 saturated heterocycles. The van der Waals surface area contributed by atoms with Crippen LogP contribution >= 0.6 is 11.3 Å². The maximum Gasteiger partial charge on any atom is 0.244 e. The Balaban J connectivity index is 2.04. The molecule has 0 fully saturated rings. The number of aryl methyl sites for hydroxylation is 1. The molecule has 2 aromatic rings. The molecule has 0 atom stereocenters. The van der Waals surface area contributed by atoms with E-state index in [1.807, 2.05) is 12.3 Å².